The summed E-state index contributed by atoms with van der Waals surface area (Å²) < 4.78 is 4.94. The fraction of sp³-hybridized carbons (Fsp3) is 0.700. The molecule has 0 saturated heterocycles. The molecule has 0 aromatic carbocycles. The van der Waals surface area contributed by atoms with Gasteiger partial charge in [-0.3, -0.25) is 0 Å². The largest absolute Gasteiger partial charge is 0.463 e. The third-order valence-electron chi connectivity index (χ3n) is 2.76. The lowest BCUT2D eigenvalue weighted by molar-refractivity contribution is -0.138. The Morgan fingerprint density at radius 2 is 2.50 bits per heavy atom. The summed E-state index contributed by atoms with van der Waals surface area (Å²) in [5.74, 6) is 1.60. The molecule has 1 fully saturated rings. The SMILES string of the molecule is CCOC(=O)C1=CCC2CC2C1. The molecule has 2 rings (SSSR count). The molecule has 12 heavy (non-hydrogen) atoms. The zero-order valence-corrected chi connectivity index (χ0v) is 7.38. The van der Waals surface area contributed by atoms with Crippen molar-refractivity contribution in [1.82, 2.24) is 0 Å². The second-order valence-corrected chi connectivity index (χ2v) is 3.65. The number of fused-ring (bicyclic) bond motifs is 1. The Labute approximate surface area is 72.6 Å². The van der Waals surface area contributed by atoms with Crippen LogP contribution in [0.4, 0.5) is 0 Å². The van der Waals surface area contributed by atoms with Crippen LogP contribution in [-0.2, 0) is 9.53 Å². The highest BCUT2D eigenvalue weighted by Gasteiger charge is 2.40. The van der Waals surface area contributed by atoms with Gasteiger partial charge in [-0.1, -0.05) is 6.08 Å². The highest BCUT2D eigenvalue weighted by Crippen LogP contribution is 2.49. The Bertz CT molecular complexity index is 230. The van der Waals surface area contributed by atoms with Crippen LogP contribution in [0.15, 0.2) is 11.6 Å². The van der Waals surface area contributed by atoms with Crippen LogP contribution in [0, 0.1) is 11.8 Å². The van der Waals surface area contributed by atoms with Gasteiger partial charge in [-0.15, -0.1) is 0 Å². The van der Waals surface area contributed by atoms with E-state index < -0.39 is 0 Å². The topological polar surface area (TPSA) is 26.3 Å². The van der Waals surface area contributed by atoms with Crippen molar-refractivity contribution >= 4 is 5.97 Å². The predicted molar refractivity (Wildman–Crippen MR) is 45.5 cm³/mol. The number of esters is 1. The third kappa shape index (κ3) is 1.38. The minimum absolute atomic E-state index is 0.0946. The molecule has 0 radical (unpaired) electrons. The van der Waals surface area contributed by atoms with Gasteiger partial charge in [0.2, 0.25) is 0 Å². The normalized spacial score (nSPS) is 31.9. The van der Waals surface area contributed by atoms with Gasteiger partial charge in [-0.05, 0) is 38.0 Å². The summed E-state index contributed by atoms with van der Waals surface area (Å²) in [6, 6.07) is 0. The number of hydrogen-bond acceptors (Lipinski definition) is 2. The number of carbonyl (C=O) groups is 1. The molecule has 0 amide bonds. The maximum atomic E-state index is 11.3. The summed E-state index contributed by atoms with van der Waals surface area (Å²) in [7, 11) is 0. The Morgan fingerprint density at radius 3 is 3.17 bits per heavy atom. The third-order valence-corrected chi connectivity index (χ3v) is 2.76. The molecular weight excluding hydrogens is 152 g/mol. The van der Waals surface area contributed by atoms with E-state index in [1.54, 1.807) is 0 Å². The summed E-state index contributed by atoms with van der Waals surface area (Å²) in [5, 5.41) is 0. The highest BCUT2D eigenvalue weighted by atomic mass is 16.5. The second kappa shape index (κ2) is 2.92. The smallest absolute Gasteiger partial charge is 0.333 e. The first-order valence-electron chi connectivity index (χ1n) is 4.67. The quantitative estimate of drug-likeness (QED) is 0.586. The van der Waals surface area contributed by atoms with Gasteiger partial charge >= 0.3 is 5.97 Å². The lowest BCUT2D eigenvalue weighted by Crippen LogP contribution is -2.10. The van der Waals surface area contributed by atoms with Crippen molar-refractivity contribution in [2.75, 3.05) is 6.61 Å². The van der Waals surface area contributed by atoms with Crippen LogP contribution in [0.1, 0.15) is 26.2 Å². The first-order valence-corrected chi connectivity index (χ1v) is 4.67. The van der Waals surface area contributed by atoms with Gasteiger partial charge in [-0.25, -0.2) is 4.79 Å². The molecule has 2 nitrogen and oxygen atoms in total. The van der Waals surface area contributed by atoms with E-state index in [1.807, 2.05) is 6.92 Å². The summed E-state index contributed by atoms with van der Waals surface area (Å²) in [6.07, 6.45) is 5.44. The Balaban J connectivity index is 1.94. The molecule has 1 saturated carbocycles. The predicted octanol–water partition coefficient (Wildman–Crippen LogP) is 1.91. The Kier molecular flexibility index (Phi) is 1.91. The average molecular weight is 166 g/mol. The summed E-state index contributed by atoms with van der Waals surface area (Å²) in [4.78, 5) is 11.3. The monoisotopic (exact) mass is 166 g/mol. The van der Waals surface area contributed by atoms with Crippen LogP contribution in [0.3, 0.4) is 0 Å². The zero-order chi connectivity index (χ0) is 8.55. The van der Waals surface area contributed by atoms with Crippen LogP contribution in [0.25, 0.3) is 0 Å². The van der Waals surface area contributed by atoms with Crippen LogP contribution >= 0.6 is 0 Å². The second-order valence-electron chi connectivity index (χ2n) is 3.65. The molecule has 2 atom stereocenters. The number of allylic oxidation sites excluding steroid dienone is 1. The summed E-state index contributed by atoms with van der Waals surface area (Å²) in [5.41, 5.74) is 0.913. The number of carbonyl (C=O) groups excluding carboxylic acids is 1. The molecule has 0 aliphatic heterocycles. The van der Waals surface area contributed by atoms with Crippen molar-refractivity contribution in [3.8, 4) is 0 Å². The summed E-state index contributed by atoms with van der Waals surface area (Å²) >= 11 is 0. The highest BCUT2D eigenvalue weighted by molar-refractivity contribution is 5.88. The number of hydrogen-bond donors (Lipinski definition) is 0. The van der Waals surface area contributed by atoms with Gasteiger partial charge in [-0.2, -0.15) is 0 Å². The minimum Gasteiger partial charge on any atom is -0.463 e. The lowest BCUT2D eigenvalue weighted by Gasteiger charge is -2.10. The molecule has 0 bridgehead atoms. The number of rotatable bonds is 2. The van der Waals surface area contributed by atoms with E-state index >= 15 is 0 Å². The fourth-order valence-electron chi connectivity index (χ4n) is 1.90. The molecule has 0 aromatic rings. The van der Waals surface area contributed by atoms with Crippen molar-refractivity contribution in [1.29, 1.82) is 0 Å². The standard InChI is InChI=1S/C10H14O2/c1-2-12-10(11)8-4-3-7-5-9(7)6-8/h4,7,9H,2-3,5-6H2,1H3. The molecule has 2 aliphatic carbocycles. The molecule has 66 valence electrons. The molecule has 2 heteroatoms. The fourth-order valence-corrected chi connectivity index (χ4v) is 1.90. The van der Waals surface area contributed by atoms with E-state index in [0.717, 1.165) is 30.3 Å². The van der Waals surface area contributed by atoms with Crippen molar-refractivity contribution in [3.05, 3.63) is 11.6 Å². The van der Waals surface area contributed by atoms with Gasteiger partial charge in [0.1, 0.15) is 0 Å². The van der Waals surface area contributed by atoms with E-state index in [-0.39, 0.29) is 5.97 Å². The summed E-state index contributed by atoms with van der Waals surface area (Å²) in [6.45, 7) is 2.34. The van der Waals surface area contributed by atoms with Crippen LogP contribution < -0.4 is 0 Å². The number of ether oxygens (including phenoxy) is 1. The van der Waals surface area contributed by atoms with Gasteiger partial charge in [0, 0.05) is 5.57 Å². The maximum Gasteiger partial charge on any atom is 0.333 e. The molecule has 0 aromatic heterocycles. The molecule has 0 N–H and O–H groups in total. The van der Waals surface area contributed by atoms with Gasteiger partial charge in [0.25, 0.3) is 0 Å². The van der Waals surface area contributed by atoms with Gasteiger partial charge in [0.15, 0.2) is 0 Å². The minimum atomic E-state index is -0.0946. The molecule has 2 unspecified atom stereocenters. The lowest BCUT2D eigenvalue weighted by atomic mass is 10.00. The van der Waals surface area contributed by atoms with E-state index in [2.05, 4.69) is 6.08 Å². The van der Waals surface area contributed by atoms with Crippen molar-refractivity contribution < 1.29 is 9.53 Å². The van der Waals surface area contributed by atoms with E-state index in [1.165, 1.54) is 6.42 Å². The first-order chi connectivity index (χ1) is 5.81. The molecule has 0 spiro atoms. The molecule has 2 aliphatic rings. The van der Waals surface area contributed by atoms with Crippen LogP contribution in [0.5, 0.6) is 0 Å². The van der Waals surface area contributed by atoms with E-state index in [9.17, 15) is 4.79 Å². The van der Waals surface area contributed by atoms with Crippen LogP contribution in [0.2, 0.25) is 0 Å². The van der Waals surface area contributed by atoms with Gasteiger partial charge in [0.05, 0.1) is 6.61 Å². The zero-order valence-electron chi connectivity index (χ0n) is 7.38. The Hall–Kier alpha value is -0.790. The van der Waals surface area contributed by atoms with E-state index in [0.29, 0.717) is 6.61 Å². The van der Waals surface area contributed by atoms with Crippen molar-refractivity contribution in [3.63, 3.8) is 0 Å². The van der Waals surface area contributed by atoms with Gasteiger partial charge < -0.3 is 4.74 Å². The first kappa shape index (κ1) is 7.84. The molecule has 0 heterocycles. The molecular formula is C10H14O2. The maximum absolute atomic E-state index is 11.3. The Morgan fingerprint density at radius 1 is 1.67 bits per heavy atom. The van der Waals surface area contributed by atoms with Crippen molar-refractivity contribution in [2.45, 2.75) is 26.2 Å². The van der Waals surface area contributed by atoms with Crippen LogP contribution in [-0.4, -0.2) is 12.6 Å². The van der Waals surface area contributed by atoms with Crippen molar-refractivity contribution in [2.24, 2.45) is 11.8 Å². The average Bonchev–Trinajstić information content (AvgIpc) is 2.81. The van der Waals surface area contributed by atoms with E-state index in [4.69, 9.17) is 4.74 Å².